The van der Waals surface area contributed by atoms with Gasteiger partial charge < -0.3 is 15.4 Å². The predicted octanol–water partition coefficient (Wildman–Crippen LogP) is 3.12. The Morgan fingerprint density at radius 2 is 1.90 bits per heavy atom. The van der Waals surface area contributed by atoms with E-state index in [0.717, 1.165) is 25.9 Å². The molecule has 0 bridgehead atoms. The van der Waals surface area contributed by atoms with Crippen molar-refractivity contribution in [2.24, 2.45) is 0 Å². The number of ether oxygens (including phenoxy) is 1. The number of carbonyl (C=O) groups is 1. The van der Waals surface area contributed by atoms with Gasteiger partial charge in [0.2, 0.25) is 0 Å². The quantitative estimate of drug-likeness (QED) is 0.759. The molecule has 0 aliphatic heterocycles. The van der Waals surface area contributed by atoms with Gasteiger partial charge >= 0.3 is 6.09 Å². The first-order valence-corrected chi connectivity index (χ1v) is 7.61. The van der Waals surface area contributed by atoms with Crippen LogP contribution in [0, 0.1) is 0 Å². The lowest BCUT2D eigenvalue weighted by atomic mass is 10.1. The molecule has 0 saturated carbocycles. The monoisotopic (exact) mass is 292 g/mol. The first-order chi connectivity index (χ1) is 9.87. The summed E-state index contributed by atoms with van der Waals surface area (Å²) in [6.07, 6.45) is 1.80. The maximum atomic E-state index is 11.6. The lowest BCUT2D eigenvalue weighted by Gasteiger charge is -2.22. The van der Waals surface area contributed by atoms with Gasteiger partial charge in [-0.25, -0.2) is 4.79 Å². The fraction of sp³-hybridized carbons (Fsp3) is 0.588. The summed E-state index contributed by atoms with van der Waals surface area (Å²) in [5.74, 6) is 0. The average Bonchev–Trinajstić information content (AvgIpc) is 2.37. The third kappa shape index (κ3) is 9.08. The van der Waals surface area contributed by atoms with Crippen LogP contribution >= 0.6 is 0 Å². The lowest BCUT2D eigenvalue weighted by Crippen LogP contribution is -2.42. The molecule has 1 aromatic rings. The normalized spacial score (nSPS) is 12.8. The van der Waals surface area contributed by atoms with E-state index in [-0.39, 0.29) is 12.1 Å². The number of hydrogen-bond acceptors (Lipinski definition) is 3. The number of hydrogen-bond donors (Lipinski definition) is 2. The molecular weight excluding hydrogens is 264 g/mol. The lowest BCUT2D eigenvalue weighted by molar-refractivity contribution is 0.0508. The molecule has 118 valence electrons. The minimum absolute atomic E-state index is 0.0524. The van der Waals surface area contributed by atoms with Gasteiger partial charge in [-0.15, -0.1) is 0 Å². The van der Waals surface area contributed by atoms with Crippen molar-refractivity contribution < 1.29 is 9.53 Å². The van der Waals surface area contributed by atoms with Crippen LogP contribution in [-0.4, -0.2) is 30.8 Å². The van der Waals surface area contributed by atoms with E-state index in [0.29, 0.717) is 0 Å². The van der Waals surface area contributed by atoms with Crippen molar-refractivity contribution in [3.8, 4) is 0 Å². The maximum absolute atomic E-state index is 11.6. The molecule has 1 rings (SSSR count). The fourth-order valence-electron chi connectivity index (χ4n) is 1.94. The van der Waals surface area contributed by atoms with Crippen molar-refractivity contribution in [2.75, 3.05) is 13.1 Å². The number of rotatable bonds is 7. The predicted molar refractivity (Wildman–Crippen MR) is 86.5 cm³/mol. The SMILES string of the molecule is CC(CNCCCc1ccccc1)NC(=O)OC(C)(C)C. The average molecular weight is 292 g/mol. The van der Waals surface area contributed by atoms with E-state index in [1.54, 1.807) is 0 Å². The largest absolute Gasteiger partial charge is 0.444 e. The van der Waals surface area contributed by atoms with E-state index in [9.17, 15) is 4.79 Å². The van der Waals surface area contributed by atoms with E-state index < -0.39 is 5.60 Å². The topological polar surface area (TPSA) is 50.4 Å². The molecule has 1 amide bonds. The van der Waals surface area contributed by atoms with E-state index in [1.807, 2.05) is 33.8 Å². The molecular formula is C17H28N2O2. The van der Waals surface area contributed by atoms with E-state index in [4.69, 9.17) is 4.74 Å². The van der Waals surface area contributed by atoms with E-state index >= 15 is 0 Å². The molecule has 4 heteroatoms. The fourth-order valence-corrected chi connectivity index (χ4v) is 1.94. The van der Waals surface area contributed by atoms with Gasteiger partial charge in [0.25, 0.3) is 0 Å². The summed E-state index contributed by atoms with van der Waals surface area (Å²) in [5.41, 5.74) is 0.909. The van der Waals surface area contributed by atoms with Crippen LogP contribution in [0.2, 0.25) is 0 Å². The minimum Gasteiger partial charge on any atom is -0.444 e. The van der Waals surface area contributed by atoms with Crippen LogP contribution in [0.5, 0.6) is 0 Å². The minimum atomic E-state index is -0.451. The summed E-state index contributed by atoms with van der Waals surface area (Å²) >= 11 is 0. The summed E-state index contributed by atoms with van der Waals surface area (Å²) in [4.78, 5) is 11.6. The second-order valence-electron chi connectivity index (χ2n) is 6.34. The molecule has 21 heavy (non-hydrogen) atoms. The number of alkyl carbamates (subject to hydrolysis) is 1. The van der Waals surface area contributed by atoms with Gasteiger partial charge in [-0.05, 0) is 52.6 Å². The van der Waals surface area contributed by atoms with Crippen LogP contribution in [-0.2, 0) is 11.2 Å². The highest BCUT2D eigenvalue weighted by atomic mass is 16.6. The van der Waals surface area contributed by atoms with Crippen molar-refractivity contribution in [3.63, 3.8) is 0 Å². The van der Waals surface area contributed by atoms with Crippen LogP contribution in [0.3, 0.4) is 0 Å². The second kappa shape index (κ2) is 8.67. The Labute approximate surface area is 128 Å². The Morgan fingerprint density at radius 1 is 1.24 bits per heavy atom. The molecule has 0 heterocycles. The van der Waals surface area contributed by atoms with Crippen molar-refractivity contribution in [2.45, 2.75) is 52.2 Å². The van der Waals surface area contributed by atoms with Gasteiger partial charge in [0, 0.05) is 12.6 Å². The molecule has 2 N–H and O–H groups in total. The van der Waals surface area contributed by atoms with E-state index in [1.165, 1.54) is 5.56 Å². The molecule has 0 saturated heterocycles. The Kier molecular flexibility index (Phi) is 7.23. The number of amides is 1. The van der Waals surface area contributed by atoms with Gasteiger partial charge in [0.05, 0.1) is 0 Å². The van der Waals surface area contributed by atoms with Crippen LogP contribution in [0.25, 0.3) is 0 Å². The van der Waals surface area contributed by atoms with Crippen molar-refractivity contribution in [1.82, 2.24) is 10.6 Å². The van der Waals surface area contributed by atoms with Gasteiger partial charge in [0.15, 0.2) is 0 Å². The molecule has 0 spiro atoms. The number of aryl methyl sites for hydroxylation is 1. The molecule has 0 radical (unpaired) electrons. The third-order valence-electron chi connectivity index (χ3n) is 2.88. The highest BCUT2D eigenvalue weighted by Crippen LogP contribution is 2.06. The summed E-state index contributed by atoms with van der Waals surface area (Å²) in [6, 6.07) is 10.5. The Bertz CT molecular complexity index is 413. The van der Waals surface area contributed by atoms with Gasteiger partial charge in [-0.1, -0.05) is 30.3 Å². The van der Waals surface area contributed by atoms with Gasteiger partial charge in [0.1, 0.15) is 5.60 Å². The summed E-state index contributed by atoms with van der Waals surface area (Å²) < 4.78 is 5.22. The highest BCUT2D eigenvalue weighted by Gasteiger charge is 2.17. The first-order valence-electron chi connectivity index (χ1n) is 7.61. The van der Waals surface area contributed by atoms with Crippen molar-refractivity contribution in [1.29, 1.82) is 0 Å². The molecule has 0 fully saturated rings. The summed E-state index contributed by atoms with van der Waals surface area (Å²) in [7, 11) is 0. The number of carbonyl (C=O) groups excluding carboxylic acids is 1. The van der Waals surface area contributed by atoms with E-state index in [2.05, 4.69) is 34.9 Å². The Hall–Kier alpha value is -1.55. The smallest absolute Gasteiger partial charge is 0.407 e. The van der Waals surface area contributed by atoms with Crippen molar-refractivity contribution in [3.05, 3.63) is 35.9 Å². The number of nitrogens with one attached hydrogen (secondary N) is 2. The van der Waals surface area contributed by atoms with Crippen LogP contribution in [0.1, 0.15) is 39.7 Å². The van der Waals surface area contributed by atoms with Crippen molar-refractivity contribution >= 4 is 6.09 Å². The zero-order valence-electron chi connectivity index (χ0n) is 13.6. The summed E-state index contributed by atoms with van der Waals surface area (Å²) in [5, 5.41) is 6.17. The Morgan fingerprint density at radius 3 is 2.52 bits per heavy atom. The molecule has 0 aliphatic rings. The van der Waals surface area contributed by atoms with Gasteiger partial charge in [-0.2, -0.15) is 0 Å². The first kappa shape index (κ1) is 17.5. The third-order valence-corrected chi connectivity index (χ3v) is 2.88. The molecule has 1 unspecified atom stereocenters. The highest BCUT2D eigenvalue weighted by molar-refractivity contribution is 5.68. The molecule has 0 aromatic heterocycles. The second-order valence-corrected chi connectivity index (χ2v) is 6.34. The van der Waals surface area contributed by atoms with Crippen LogP contribution in [0.4, 0.5) is 4.79 Å². The maximum Gasteiger partial charge on any atom is 0.407 e. The molecule has 4 nitrogen and oxygen atoms in total. The summed E-state index contributed by atoms with van der Waals surface area (Å²) in [6.45, 7) is 9.23. The van der Waals surface area contributed by atoms with Gasteiger partial charge in [-0.3, -0.25) is 0 Å². The Balaban J connectivity index is 2.08. The zero-order valence-corrected chi connectivity index (χ0v) is 13.6. The zero-order chi connectivity index (χ0) is 15.7. The number of benzene rings is 1. The van der Waals surface area contributed by atoms with Crippen LogP contribution < -0.4 is 10.6 Å². The molecule has 1 atom stereocenters. The standard InChI is InChI=1S/C17H28N2O2/c1-14(19-16(20)21-17(2,3)4)13-18-12-8-11-15-9-6-5-7-10-15/h5-7,9-10,14,18H,8,11-13H2,1-4H3,(H,19,20). The molecule has 1 aromatic carbocycles. The molecule has 0 aliphatic carbocycles. The van der Waals surface area contributed by atoms with Crippen LogP contribution in [0.15, 0.2) is 30.3 Å².